The standard InChI is InChI=1S/C16H12ClFN2O2S/c17-15-10-12(18)6-7-16(15)23(21,22)19-13-4-3-5-14(11-13)20-8-1-2-9-20/h1-11,19H. The molecule has 1 aromatic heterocycles. The second-order valence-corrected chi connectivity index (χ2v) is 6.88. The normalized spacial score (nSPS) is 11.4. The quantitative estimate of drug-likeness (QED) is 0.771. The van der Waals surface area contributed by atoms with Crippen LogP contribution in [0, 0.1) is 5.82 Å². The minimum absolute atomic E-state index is 0.168. The zero-order valence-corrected chi connectivity index (χ0v) is 13.4. The summed E-state index contributed by atoms with van der Waals surface area (Å²) in [5.74, 6) is -0.594. The van der Waals surface area contributed by atoms with Crippen molar-refractivity contribution in [1.29, 1.82) is 0 Å². The molecule has 0 aliphatic heterocycles. The highest BCUT2D eigenvalue weighted by molar-refractivity contribution is 7.92. The van der Waals surface area contributed by atoms with Crippen molar-refractivity contribution in [2.24, 2.45) is 0 Å². The molecule has 0 radical (unpaired) electrons. The molecule has 0 saturated carbocycles. The SMILES string of the molecule is O=S(=O)(Nc1cccc(-n2cccc2)c1)c1ccc(F)cc1Cl. The summed E-state index contributed by atoms with van der Waals surface area (Å²) in [6, 6.07) is 13.8. The van der Waals surface area contributed by atoms with Gasteiger partial charge in [-0.3, -0.25) is 4.72 Å². The summed E-state index contributed by atoms with van der Waals surface area (Å²) in [7, 11) is -3.90. The van der Waals surface area contributed by atoms with Crippen molar-refractivity contribution in [3.8, 4) is 5.69 Å². The number of nitrogens with zero attached hydrogens (tertiary/aromatic N) is 1. The summed E-state index contributed by atoms with van der Waals surface area (Å²) in [6.07, 6.45) is 3.70. The van der Waals surface area contributed by atoms with Crippen LogP contribution in [0.4, 0.5) is 10.1 Å². The van der Waals surface area contributed by atoms with Gasteiger partial charge in [0.05, 0.1) is 10.7 Å². The van der Waals surface area contributed by atoms with Gasteiger partial charge < -0.3 is 4.57 Å². The van der Waals surface area contributed by atoms with Gasteiger partial charge in [0, 0.05) is 18.1 Å². The third-order valence-electron chi connectivity index (χ3n) is 3.18. The highest BCUT2D eigenvalue weighted by Gasteiger charge is 2.18. The number of hydrogen-bond acceptors (Lipinski definition) is 2. The van der Waals surface area contributed by atoms with Crippen LogP contribution in [-0.4, -0.2) is 13.0 Å². The number of hydrogen-bond donors (Lipinski definition) is 1. The van der Waals surface area contributed by atoms with E-state index in [0.29, 0.717) is 5.69 Å². The second kappa shape index (κ2) is 6.06. The van der Waals surface area contributed by atoms with Gasteiger partial charge in [-0.2, -0.15) is 0 Å². The number of anilines is 1. The fourth-order valence-electron chi connectivity index (χ4n) is 2.14. The molecule has 1 N–H and O–H groups in total. The van der Waals surface area contributed by atoms with E-state index in [0.717, 1.165) is 23.9 Å². The topological polar surface area (TPSA) is 51.1 Å². The minimum Gasteiger partial charge on any atom is -0.324 e. The summed E-state index contributed by atoms with van der Waals surface area (Å²) in [5, 5.41) is -0.168. The molecule has 0 amide bonds. The molecular weight excluding hydrogens is 339 g/mol. The zero-order valence-electron chi connectivity index (χ0n) is 11.8. The molecular formula is C16H12ClFN2O2S. The molecule has 23 heavy (non-hydrogen) atoms. The van der Waals surface area contributed by atoms with Gasteiger partial charge in [0.2, 0.25) is 0 Å². The lowest BCUT2D eigenvalue weighted by atomic mass is 10.3. The smallest absolute Gasteiger partial charge is 0.263 e. The van der Waals surface area contributed by atoms with Crippen molar-refractivity contribution in [3.05, 3.63) is 77.8 Å². The van der Waals surface area contributed by atoms with E-state index in [1.807, 2.05) is 35.2 Å². The Morgan fingerprint density at radius 3 is 2.43 bits per heavy atom. The van der Waals surface area contributed by atoms with Crippen LogP contribution in [0.5, 0.6) is 0 Å². The molecule has 3 rings (SSSR count). The van der Waals surface area contributed by atoms with Crippen LogP contribution in [0.25, 0.3) is 5.69 Å². The van der Waals surface area contributed by atoms with Crippen LogP contribution < -0.4 is 4.72 Å². The Morgan fingerprint density at radius 2 is 1.74 bits per heavy atom. The predicted molar refractivity (Wildman–Crippen MR) is 88.0 cm³/mol. The van der Waals surface area contributed by atoms with E-state index in [-0.39, 0.29) is 9.92 Å². The number of nitrogens with one attached hydrogen (secondary N) is 1. The minimum atomic E-state index is -3.90. The molecule has 0 aliphatic rings. The van der Waals surface area contributed by atoms with Crippen LogP contribution in [0.3, 0.4) is 0 Å². The molecule has 0 aliphatic carbocycles. The van der Waals surface area contributed by atoms with Crippen LogP contribution >= 0.6 is 11.6 Å². The van der Waals surface area contributed by atoms with Crippen LogP contribution in [-0.2, 0) is 10.0 Å². The van der Waals surface area contributed by atoms with Crippen LogP contribution in [0.15, 0.2) is 71.9 Å². The first-order chi connectivity index (χ1) is 11.0. The van der Waals surface area contributed by atoms with Crippen LogP contribution in [0.2, 0.25) is 5.02 Å². The van der Waals surface area contributed by atoms with E-state index in [9.17, 15) is 12.8 Å². The van der Waals surface area contributed by atoms with Gasteiger partial charge in [0.15, 0.2) is 0 Å². The van der Waals surface area contributed by atoms with Crippen molar-refractivity contribution < 1.29 is 12.8 Å². The van der Waals surface area contributed by atoms with E-state index >= 15 is 0 Å². The Bertz CT molecular complexity index is 940. The van der Waals surface area contributed by atoms with E-state index in [1.165, 1.54) is 0 Å². The second-order valence-electron chi connectivity index (χ2n) is 4.82. The third-order valence-corrected chi connectivity index (χ3v) is 5.05. The molecule has 118 valence electrons. The van der Waals surface area contributed by atoms with Gasteiger partial charge >= 0.3 is 0 Å². The van der Waals surface area contributed by atoms with Crippen molar-refractivity contribution in [1.82, 2.24) is 4.57 Å². The number of halogens is 2. The third kappa shape index (κ3) is 3.38. The number of rotatable bonds is 4. The Morgan fingerprint density at radius 1 is 1.00 bits per heavy atom. The molecule has 0 fully saturated rings. The molecule has 0 spiro atoms. The summed E-state index contributed by atoms with van der Waals surface area (Å²) in [6.45, 7) is 0. The number of sulfonamides is 1. The summed E-state index contributed by atoms with van der Waals surface area (Å²) < 4.78 is 42.2. The molecule has 4 nitrogen and oxygen atoms in total. The maximum Gasteiger partial charge on any atom is 0.263 e. The zero-order chi connectivity index (χ0) is 16.4. The summed E-state index contributed by atoms with van der Waals surface area (Å²) >= 11 is 5.83. The lowest BCUT2D eigenvalue weighted by Gasteiger charge is -2.11. The molecule has 2 aromatic carbocycles. The lowest BCUT2D eigenvalue weighted by molar-refractivity contribution is 0.600. The first-order valence-electron chi connectivity index (χ1n) is 6.67. The summed E-state index contributed by atoms with van der Waals surface area (Å²) in [4.78, 5) is -0.174. The fourth-order valence-corrected chi connectivity index (χ4v) is 3.72. The van der Waals surface area contributed by atoms with Gasteiger partial charge in [0.25, 0.3) is 10.0 Å². The lowest BCUT2D eigenvalue weighted by Crippen LogP contribution is -2.13. The van der Waals surface area contributed by atoms with E-state index < -0.39 is 15.8 Å². The highest BCUT2D eigenvalue weighted by Crippen LogP contribution is 2.25. The average Bonchev–Trinajstić information content (AvgIpc) is 3.00. The first-order valence-corrected chi connectivity index (χ1v) is 8.53. The van der Waals surface area contributed by atoms with E-state index in [1.54, 1.807) is 18.2 Å². The van der Waals surface area contributed by atoms with Crippen LogP contribution in [0.1, 0.15) is 0 Å². The van der Waals surface area contributed by atoms with Gasteiger partial charge in [0.1, 0.15) is 10.7 Å². The monoisotopic (exact) mass is 350 g/mol. The fraction of sp³-hybridized carbons (Fsp3) is 0. The average molecular weight is 351 g/mol. The number of benzene rings is 2. The Hall–Kier alpha value is -2.31. The van der Waals surface area contributed by atoms with Crippen molar-refractivity contribution in [2.75, 3.05) is 4.72 Å². The highest BCUT2D eigenvalue weighted by atomic mass is 35.5. The first kappa shape index (κ1) is 15.6. The van der Waals surface area contributed by atoms with E-state index in [4.69, 9.17) is 11.6 Å². The largest absolute Gasteiger partial charge is 0.324 e. The molecule has 7 heteroatoms. The molecule has 0 atom stereocenters. The van der Waals surface area contributed by atoms with Crippen molar-refractivity contribution in [2.45, 2.75) is 4.90 Å². The molecule has 0 unspecified atom stereocenters. The molecule has 0 bridgehead atoms. The number of aromatic nitrogens is 1. The predicted octanol–water partition coefficient (Wildman–Crippen LogP) is 4.07. The molecule has 1 heterocycles. The maximum atomic E-state index is 13.1. The molecule has 0 saturated heterocycles. The van der Waals surface area contributed by atoms with Gasteiger partial charge in [-0.05, 0) is 48.5 Å². The summed E-state index contributed by atoms with van der Waals surface area (Å²) in [5.41, 5.74) is 1.19. The Labute approximate surface area is 138 Å². The van der Waals surface area contributed by atoms with Crippen molar-refractivity contribution in [3.63, 3.8) is 0 Å². The molecule has 3 aromatic rings. The van der Waals surface area contributed by atoms with Crippen molar-refractivity contribution >= 4 is 27.3 Å². The van der Waals surface area contributed by atoms with Gasteiger partial charge in [-0.15, -0.1) is 0 Å². The van der Waals surface area contributed by atoms with Gasteiger partial charge in [-0.1, -0.05) is 17.7 Å². The van der Waals surface area contributed by atoms with Gasteiger partial charge in [-0.25, -0.2) is 12.8 Å². The Balaban J connectivity index is 1.93. The maximum absolute atomic E-state index is 13.1. The Kier molecular flexibility index (Phi) is 4.11. The van der Waals surface area contributed by atoms with E-state index in [2.05, 4.69) is 4.72 Å².